The summed E-state index contributed by atoms with van der Waals surface area (Å²) < 4.78 is 25.6. The minimum Gasteiger partial charge on any atom is 1.00 e. The molecule has 26 valence electrons. The van der Waals surface area contributed by atoms with Gasteiger partial charge in [-0.15, -0.1) is 0 Å². The Hall–Kier alpha value is 2.24. The first-order chi connectivity index (χ1) is 1.73. The molecule has 6 heteroatoms. The number of hydrogen-bond donors (Lipinski definition) is 0. The molecule has 6 heavy (non-hydrogen) atoms. The van der Waals surface area contributed by atoms with E-state index in [9.17, 15) is 0 Å². The van der Waals surface area contributed by atoms with Crippen molar-refractivity contribution in [1.82, 2.24) is 0 Å². The zero-order chi connectivity index (χ0) is 3.58. The molecule has 0 fully saturated rings. The van der Waals surface area contributed by atoms with E-state index in [0.717, 1.165) is 0 Å². The molecule has 3 nitrogen and oxygen atoms in total. The van der Waals surface area contributed by atoms with Gasteiger partial charge in [0.25, 0.3) is 0 Å². The van der Waals surface area contributed by atoms with Crippen LogP contribution in [0.4, 0.5) is 0 Å². The largest absolute Gasteiger partial charge is 1.00 e. The molecule has 0 amide bonds. The molecule has 0 radical (unpaired) electrons. The van der Waals surface area contributed by atoms with Crippen molar-refractivity contribution in [3.05, 3.63) is 0 Å². The third kappa shape index (κ3) is 34.2. The van der Waals surface area contributed by atoms with Gasteiger partial charge in [-0.2, -0.15) is 0 Å². The zero-order valence-electron chi connectivity index (χ0n) is 3.63. The van der Waals surface area contributed by atoms with Gasteiger partial charge in [0.1, 0.15) is 0 Å². The van der Waals surface area contributed by atoms with E-state index in [-0.39, 0.29) is 59.1 Å². The van der Waals surface area contributed by atoms with Crippen LogP contribution in [0.2, 0.25) is 0 Å². The van der Waals surface area contributed by atoms with Gasteiger partial charge in [-0.3, -0.25) is 0 Å². The van der Waals surface area contributed by atoms with Gasteiger partial charge >= 0.3 is 85.8 Å². The van der Waals surface area contributed by atoms with Gasteiger partial charge in [-0.05, 0) is 0 Å². The van der Waals surface area contributed by atoms with Gasteiger partial charge in [-0.1, -0.05) is 0 Å². The Labute approximate surface area is 84.4 Å². The third-order valence-electron chi connectivity index (χ3n) is 0. The van der Waals surface area contributed by atoms with Gasteiger partial charge in [0.2, 0.25) is 0 Å². The monoisotopic (exact) mass is 169 g/mol. The van der Waals surface area contributed by atoms with Crippen molar-refractivity contribution in [2.45, 2.75) is 0 Å². The van der Waals surface area contributed by atoms with E-state index in [0.29, 0.717) is 0 Å². The van der Waals surface area contributed by atoms with Gasteiger partial charge in [0, 0.05) is 0 Å². The number of hydrogen-bond acceptors (Lipinski definition) is 3. The molecule has 0 N–H and O–H groups in total. The molecule has 0 saturated heterocycles. The molecule has 0 heterocycles. The van der Waals surface area contributed by atoms with E-state index in [1.54, 1.807) is 0 Å². The Balaban J connectivity index is -0.0000000450. The van der Waals surface area contributed by atoms with Crippen LogP contribution < -0.4 is 67.5 Å². The van der Waals surface area contributed by atoms with Gasteiger partial charge < -0.3 is 0 Å². The molecule has 0 rings (SSSR count). The minimum absolute atomic E-state index is 0. The summed E-state index contributed by atoms with van der Waals surface area (Å²) in [5, 5.41) is 0. The smallest absolute Gasteiger partial charge is 1.00 e. The Morgan fingerprint density at radius 3 is 1.17 bits per heavy atom. The number of rotatable bonds is 0. The Kier molecular flexibility index (Phi) is 26.9. The van der Waals surface area contributed by atoms with Crippen LogP contribution >= 0.6 is 0 Å². The van der Waals surface area contributed by atoms with E-state index in [1.807, 2.05) is 0 Å². The zero-order valence-corrected chi connectivity index (χ0v) is 9.35. The normalized spacial score (nSPS) is 5.83. The molecule has 0 atom stereocenters. The average Bonchev–Trinajstić information content (AvgIpc) is 0.811. The molecule has 0 aromatic heterocycles. The van der Waals surface area contributed by atoms with Crippen molar-refractivity contribution in [2.24, 2.45) is 0 Å². The second-order valence-corrected chi connectivity index (χ2v) is 1.06. The summed E-state index contributed by atoms with van der Waals surface area (Å²) in [6.07, 6.45) is 0. The molecule has 0 unspecified atom stereocenters. The van der Waals surface area contributed by atoms with Crippen LogP contribution in [0.15, 0.2) is 0 Å². The molecule has 0 aromatic rings. The van der Waals surface area contributed by atoms with Crippen LogP contribution in [0.25, 0.3) is 0 Å². The van der Waals surface area contributed by atoms with Crippen molar-refractivity contribution in [2.75, 3.05) is 0 Å². The summed E-state index contributed by atoms with van der Waals surface area (Å²) in [6.45, 7) is 0. The van der Waals surface area contributed by atoms with Gasteiger partial charge in [0.15, 0.2) is 0 Å². The van der Waals surface area contributed by atoms with Crippen LogP contribution in [-0.4, -0.2) is 14.5 Å². The quantitative estimate of drug-likeness (QED) is 0.338. The fraction of sp³-hybridized carbons (Fsp3) is 0. The maximum Gasteiger partial charge on any atom is 1.00 e. The van der Waals surface area contributed by atoms with E-state index in [1.165, 1.54) is 0 Å². The minimum atomic E-state index is -3.79. The van der Waals surface area contributed by atoms with Gasteiger partial charge in [-0.25, -0.2) is 0 Å². The Morgan fingerprint density at radius 1 is 1.17 bits per heavy atom. The Bertz CT molecular complexity index is 31.8. The molecular weight excluding hydrogens is 169 g/mol. The summed E-state index contributed by atoms with van der Waals surface area (Å²) in [5.41, 5.74) is 0. The van der Waals surface area contributed by atoms with Crippen molar-refractivity contribution < 1.29 is 71.3 Å². The standard InChI is InChI=1S/2Na.H2O3Se/c;;1-4(2)3/h;;(H2,1,2,3)/q2*+1;/p-2/i;;4-4. The molecule has 0 saturated carbocycles. The summed E-state index contributed by atoms with van der Waals surface area (Å²) in [5.74, 6) is 0. The van der Waals surface area contributed by atoms with Crippen molar-refractivity contribution in [3.63, 3.8) is 0 Å². The maximum atomic E-state index is 8.54. The van der Waals surface area contributed by atoms with E-state index in [4.69, 9.17) is 12.2 Å². The molecule has 0 aliphatic carbocycles. The van der Waals surface area contributed by atoms with E-state index < -0.39 is 14.5 Å². The summed E-state index contributed by atoms with van der Waals surface area (Å²) in [4.78, 5) is 0. The summed E-state index contributed by atoms with van der Waals surface area (Å²) >= 11 is -3.79. The Morgan fingerprint density at radius 2 is 1.17 bits per heavy atom. The fourth-order valence-corrected chi connectivity index (χ4v) is 0. The van der Waals surface area contributed by atoms with Crippen LogP contribution in [0.3, 0.4) is 0 Å². The fourth-order valence-electron chi connectivity index (χ4n) is 0. The topological polar surface area (TPSA) is 63.2 Å². The third-order valence-corrected chi connectivity index (χ3v) is 0. The maximum absolute atomic E-state index is 8.54. The van der Waals surface area contributed by atoms with Crippen LogP contribution in [-0.2, 0) is 3.83 Å². The summed E-state index contributed by atoms with van der Waals surface area (Å²) in [6, 6.07) is 0. The van der Waals surface area contributed by atoms with E-state index >= 15 is 0 Å². The predicted molar refractivity (Wildman–Crippen MR) is 6.44 cm³/mol. The first kappa shape index (κ1) is 15.7. The van der Waals surface area contributed by atoms with E-state index in [2.05, 4.69) is 0 Å². The second-order valence-electron chi connectivity index (χ2n) is 0.204. The second kappa shape index (κ2) is 10.3. The molecule has 0 bridgehead atoms. The first-order valence-corrected chi connectivity index (χ1v) is 2.60. The molecule has 0 aromatic carbocycles. The first-order valence-electron chi connectivity index (χ1n) is 0.500. The summed E-state index contributed by atoms with van der Waals surface area (Å²) in [7, 11) is 0. The molecule has 0 aliphatic heterocycles. The SMILES string of the molecule is O=[75Se]([O-])[O-].[Na+].[Na+]. The van der Waals surface area contributed by atoms with Crippen LogP contribution in [0, 0.1) is 0 Å². The van der Waals surface area contributed by atoms with Crippen LogP contribution in [0.5, 0.6) is 0 Å². The van der Waals surface area contributed by atoms with Crippen molar-refractivity contribution in [3.8, 4) is 0 Å². The average molecular weight is 169 g/mol. The molecular formula is Na2O3Se. The molecule has 0 spiro atoms. The predicted octanol–water partition coefficient (Wildman–Crippen LogP) is -8.87. The van der Waals surface area contributed by atoms with Crippen molar-refractivity contribution in [1.29, 1.82) is 0 Å². The van der Waals surface area contributed by atoms with Gasteiger partial charge in [0.05, 0.1) is 0 Å². The van der Waals surface area contributed by atoms with Crippen molar-refractivity contribution >= 4 is 14.5 Å². The molecule has 0 aliphatic rings. The van der Waals surface area contributed by atoms with Crippen LogP contribution in [0.1, 0.15) is 0 Å².